The van der Waals surface area contributed by atoms with Gasteiger partial charge >= 0.3 is 12.1 Å². The summed E-state index contributed by atoms with van der Waals surface area (Å²) >= 11 is 0. The number of methoxy groups -OCH3 is 1. The van der Waals surface area contributed by atoms with Crippen LogP contribution in [0.25, 0.3) is 17.0 Å². The van der Waals surface area contributed by atoms with Crippen LogP contribution in [0, 0.1) is 17.8 Å². The lowest BCUT2D eigenvalue weighted by atomic mass is 9.73. The highest BCUT2D eigenvalue weighted by Crippen LogP contribution is 2.44. The lowest BCUT2D eigenvalue weighted by Crippen LogP contribution is -2.61. The predicted octanol–water partition coefficient (Wildman–Crippen LogP) is 6.97. The number of aliphatic hydroxyl groups excluding tert-OH is 1. The number of anilines is 1. The second-order valence-corrected chi connectivity index (χ2v) is 19.6. The van der Waals surface area contributed by atoms with E-state index in [1.165, 1.54) is 25.0 Å². The van der Waals surface area contributed by atoms with Crippen molar-refractivity contribution in [3.8, 4) is 0 Å². The molecule has 370 valence electrons. The van der Waals surface area contributed by atoms with Crippen LogP contribution >= 0.6 is 0 Å². The number of nitrogens with zero attached hydrogens (tertiary/aromatic N) is 4. The minimum Gasteiger partial charge on any atom is -0.455 e. The highest BCUT2D eigenvalue weighted by Gasteiger charge is 2.62. The molecule has 3 aliphatic heterocycles. The van der Waals surface area contributed by atoms with Crippen molar-refractivity contribution in [3.63, 3.8) is 0 Å². The molecule has 0 spiro atoms. The van der Waals surface area contributed by atoms with Gasteiger partial charge in [-0.15, -0.1) is 0 Å². The summed E-state index contributed by atoms with van der Waals surface area (Å²) in [6, 6.07) is 17.3. The van der Waals surface area contributed by atoms with Gasteiger partial charge in [0.1, 0.15) is 18.0 Å². The Morgan fingerprint density at radius 1 is 1.00 bits per heavy atom. The van der Waals surface area contributed by atoms with Gasteiger partial charge in [0.25, 0.3) is 11.6 Å². The number of carbonyl (C=O) groups excluding carboxylic acids is 5. The third-order valence-electron chi connectivity index (χ3n) is 14.3. The number of likely N-dealkylation sites (N-methyl/N-ethyl adjacent to an activating group) is 1. The van der Waals surface area contributed by atoms with E-state index in [9.17, 15) is 29.1 Å². The smallest absolute Gasteiger partial charge is 0.410 e. The number of pyridine rings is 1. The summed E-state index contributed by atoms with van der Waals surface area (Å²) in [7, 11) is 5.01. The average molecular weight is 945 g/mol. The summed E-state index contributed by atoms with van der Waals surface area (Å²) in [6.07, 6.45) is -0.811. The molecule has 3 saturated heterocycles. The fourth-order valence-corrected chi connectivity index (χ4v) is 10.5. The number of halogens is 1. The third kappa shape index (κ3) is 10.7. The number of ketones is 2. The molecule has 15 nitrogen and oxygen atoms in total. The van der Waals surface area contributed by atoms with Crippen LogP contribution in [0.2, 0.25) is 0 Å². The summed E-state index contributed by atoms with van der Waals surface area (Å²) in [5, 5.41) is 12.3. The molecule has 1 N–H and O–H groups in total. The third-order valence-corrected chi connectivity index (χ3v) is 14.3. The predicted molar refractivity (Wildman–Crippen MR) is 254 cm³/mol. The van der Waals surface area contributed by atoms with Crippen LogP contribution in [-0.4, -0.2) is 143 Å². The van der Waals surface area contributed by atoms with Crippen LogP contribution in [0.1, 0.15) is 86.6 Å². The molecule has 68 heavy (non-hydrogen) atoms. The zero-order valence-corrected chi connectivity index (χ0v) is 41.2. The number of amides is 2. The van der Waals surface area contributed by atoms with Crippen molar-refractivity contribution in [3.05, 3.63) is 78.5 Å². The summed E-state index contributed by atoms with van der Waals surface area (Å²) < 4.78 is 47.9. The maximum absolute atomic E-state index is 17.1. The number of hydrogen-bond acceptors (Lipinski definition) is 13. The van der Waals surface area contributed by atoms with Crippen LogP contribution < -0.4 is 4.90 Å². The van der Waals surface area contributed by atoms with Crippen molar-refractivity contribution < 1.29 is 57.2 Å². The fraction of sp³-hybridized carbons (Fsp3) is 0.577. The Morgan fingerprint density at radius 2 is 1.68 bits per heavy atom. The molecule has 13 atom stereocenters. The Balaban J connectivity index is 1.35. The minimum atomic E-state index is -3.23. The molecule has 6 rings (SSSR count). The first-order chi connectivity index (χ1) is 32.1. The van der Waals surface area contributed by atoms with Gasteiger partial charge in [0, 0.05) is 55.5 Å². The number of aromatic nitrogens is 1. The first-order valence-electron chi connectivity index (χ1n) is 23.7. The van der Waals surface area contributed by atoms with E-state index >= 15 is 4.39 Å². The second-order valence-electron chi connectivity index (χ2n) is 19.6. The molecule has 2 aromatic carbocycles. The zero-order chi connectivity index (χ0) is 49.9. The molecular weight excluding hydrogens is 876 g/mol. The Hall–Kier alpha value is -5.13. The Labute approximate surface area is 399 Å². The molecule has 0 radical (unpaired) electrons. The zero-order valence-electron chi connectivity index (χ0n) is 41.2. The van der Waals surface area contributed by atoms with Crippen molar-refractivity contribution in [1.29, 1.82) is 0 Å². The van der Waals surface area contributed by atoms with Crippen molar-refractivity contribution in [1.82, 2.24) is 14.8 Å². The van der Waals surface area contributed by atoms with Crippen LogP contribution in [0.5, 0.6) is 0 Å². The van der Waals surface area contributed by atoms with E-state index in [2.05, 4.69) is 4.98 Å². The van der Waals surface area contributed by atoms with Crippen molar-refractivity contribution in [2.45, 2.75) is 141 Å². The number of carbonyl (C=O) groups is 5. The molecule has 3 aliphatic rings. The highest BCUT2D eigenvalue weighted by molar-refractivity contribution is 6.08. The van der Waals surface area contributed by atoms with E-state index in [1.54, 1.807) is 51.8 Å². The van der Waals surface area contributed by atoms with Crippen molar-refractivity contribution in [2.75, 3.05) is 39.2 Å². The summed E-state index contributed by atoms with van der Waals surface area (Å²) in [4.78, 5) is 81.2. The number of ether oxygens (including phenoxy) is 5. The van der Waals surface area contributed by atoms with E-state index in [0.717, 1.165) is 23.4 Å². The Bertz CT molecular complexity index is 2330. The number of rotatable bonds is 12. The van der Waals surface area contributed by atoms with Gasteiger partial charge in [0.15, 0.2) is 17.7 Å². The normalized spacial score (nSPS) is 34.2. The topological polar surface area (TPSA) is 174 Å². The van der Waals surface area contributed by atoms with Crippen molar-refractivity contribution in [2.24, 2.45) is 17.8 Å². The van der Waals surface area contributed by atoms with Crippen LogP contribution in [-0.2, 0) is 42.9 Å². The van der Waals surface area contributed by atoms with Crippen LogP contribution in [0.4, 0.5) is 14.9 Å². The van der Waals surface area contributed by atoms with Gasteiger partial charge in [0.2, 0.25) is 0 Å². The number of Topliss-reactive ketones (excluding diaryl/α,β-unsaturated/α-hetero) is 2. The van der Waals surface area contributed by atoms with Gasteiger partial charge in [-0.3, -0.25) is 19.4 Å². The number of fused-ring (bicyclic) bond motifs is 2. The Morgan fingerprint density at radius 3 is 2.34 bits per heavy atom. The van der Waals surface area contributed by atoms with Gasteiger partial charge < -0.3 is 43.5 Å². The fourth-order valence-electron chi connectivity index (χ4n) is 10.5. The van der Waals surface area contributed by atoms with E-state index in [4.69, 9.17) is 23.7 Å². The largest absolute Gasteiger partial charge is 0.455 e. The molecule has 0 bridgehead atoms. The molecular formula is C52H69FN4O11. The number of para-hydroxylation sites is 1. The lowest BCUT2D eigenvalue weighted by Gasteiger charge is -2.47. The molecule has 4 heterocycles. The van der Waals surface area contributed by atoms with Gasteiger partial charge in [-0.1, -0.05) is 76.2 Å². The molecule has 1 aromatic heterocycles. The lowest BCUT2D eigenvalue weighted by molar-refractivity contribution is -0.295. The average Bonchev–Trinajstić information content (AvgIpc) is 3.58. The quantitative estimate of drug-likeness (QED) is 0.112. The van der Waals surface area contributed by atoms with E-state index in [-0.39, 0.29) is 56.2 Å². The second kappa shape index (κ2) is 21.2. The number of benzene rings is 2. The standard InChI is InChI=1S/C52H69FN4O11/c1-12-40-52(8)44(57(49(63)68-52)26-18-25-56(41(58)24-23-35-19-14-13-15-20-35)37-28-36-21-16-17-22-38(36)54-30-37)33(4)42(59)31(2)29-50(6,64-11)46(34(5)45(61)51(7,53)48(62)66-40)67-47-43(60)39(55(9)10)27-32(3)65-47/h13-17,19-24,28,30-34,39-40,43-44,46-47,60H,12,18,25-27,29H2,1-11H3/b24-23+/t31-,32-,33+,34+,39+,40-,43-,44-,46-,47+,50+,51+,52-/m1/s1. The van der Waals surface area contributed by atoms with Gasteiger partial charge in [-0.25, -0.2) is 14.0 Å². The number of alkyl halides is 1. The molecule has 3 fully saturated rings. The van der Waals surface area contributed by atoms with Crippen molar-refractivity contribution >= 4 is 52.2 Å². The summed E-state index contributed by atoms with van der Waals surface area (Å²) in [5.41, 5.74) is -4.33. The van der Waals surface area contributed by atoms with E-state index < -0.39 is 83.1 Å². The maximum Gasteiger partial charge on any atom is 0.410 e. The molecule has 3 aromatic rings. The first-order valence-corrected chi connectivity index (χ1v) is 23.7. The first kappa shape index (κ1) is 52.2. The van der Waals surface area contributed by atoms with Crippen LogP contribution in [0.3, 0.4) is 0 Å². The SMILES string of the molecule is CC[C@H]1OC(=O)[C@@](C)(F)C(=O)[C@H](C)[C@@H](O[C@@H]2O[C@H](C)C[C@H](N(C)C)[C@H]2O)[C@@](C)(OC)C[C@@H](C)C(=O)[C@H](C)[C@H]2N(CCCN(C(=O)/C=C/c3ccccc3)c3cnc4ccccc4c3)C(=O)O[C@]12C. The molecule has 0 aliphatic carbocycles. The Kier molecular flexibility index (Phi) is 16.3. The van der Waals surface area contributed by atoms with E-state index in [1.807, 2.05) is 86.6 Å². The number of esters is 1. The highest BCUT2D eigenvalue weighted by atomic mass is 19.1. The number of hydrogen-bond donors (Lipinski definition) is 1. The number of cyclic esters (lactones) is 1. The molecule has 0 unspecified atom stereocenters. The maximum atomic E-state index is 17.1. The molecule has 16 heteroatoms. The van der Waals surface area contributed by atoms with E-state index in [0.29, 0.717) is 12.1 Å². The van der Waals surface area contributed by atoms with Gasteiger partial charge in [-0.05, 0) is 91.2 Å². The summed E-state index contributed by atoms with van der Waals surface area (Å²) in [5.74, 6) is -6.48. The van der Waals surface area contributed by atoms with Crippen LogP contribution in [0.15, 0.2) is 72.9 Å². The minimum absolute atomic E-state index is 0.00126. The summed E-state index contributed by atoms with van der Waals surface area (Å²) in [6.45, 7) is 12.5. The molecule has 0 saturated carbocycles. The number of aliphatic hydroxyl groups is 1. The molecule has 2 amide bonds. The van der Waals surface area contributed by atoms with Gasteiger partial charge in [0.05, 0.1) is 41.3 Å². The van der Waals surface area contributed by atoms with Gasteiger partial charge in [-0.2, -0.15) is 0 Å². The monoisotopic (exact) mass is 944 g/mol.